The van der Waals surface area contributed by atoms with E-state index in [0.29, 0.717) is 0 Å². The summed E-state index contributed by atoms with van der Waals surface area (Å²) >= 11 is 0. The van der Waals surface area contributed by atoms with E-state index in [1.165, 1.54) is 10.9 Å². The molecule has 0 spiro atoms. The molecule has 0 radical (unpaired) electrons. The molecule has 1 heterocycles. The molecular formula is C12H14ClNO5. The van der Waals surface area contributed by atoms with E-state index < -0.39 is 10.2 Å². The van der Waals surface area contributed by atoms with Gasteiger partial charge in [-0.15, -0.1) is 10.2 Å². The van der Waals surface area contributed by atoms with E-state index in [-0.39, 0.29) is 6.61 Å². The van der Waals surface area contributed by atoms with Gasteiger partial charge < -0.3 is 5.11 Å². The SMILES string of the molecule is OCCC[n+]1cccc2ccccc21.[O-][Cl+3]([O-])([O-])[O-]. The molecule has 0 fully saturated rings. The number of para-hydroxylation sites is 1. The van der Waals surface area contributed by atoms with Crippen LogP contribution >= 0.6 is 0 Å². The second-order valence-corrected chi connectivity index (χ2v) is 4.47. The number of hydrogen-bond acceptors (Lipinski definition) is 5. The summed E-state index contributed by atoms with van der Waals surface area (Å²) in [4.78, 5) is 0. The van der Waals surface area contributed by atoms with Crippen LogP contribution in [0.3, 0.4) is 0 Å². The lowest BCUT2D eigenvalue weighted by Crippen LogP contribution is -2.68. The zero-order chi connectivity index (χ0) is 14.3. The third kappa shape index (κ3) is 6.44. The third-order valence-corrected chi connectivity index (χ3v) is 2.35. The van der Waals surface area contributed by atoms with Crippen molar-refractivity contribution in [3.05, 3.63) is 42.6 Å². The molecule has 1 aromatic carbocycles. The fourth-order valence-electron chi connectivity index (χ4n) is 1.66. The molecule has 1 aromatic heterocycles. The van der Waals surface area contributed by atoms with Gasteiger partial charge in [-0.05, 0) is 12.1 Å². The molecule has 0 aliphatic rings. The Morgan fingerprint density at radius 1 is 1.00 bits per heavy atom. The van der Waals surface area contributed by atoms with Crippen LogP contribution in [0.2, 0.25) is 0 Å². The number of aliphatic hydroxyl groups excluding tert-OH is 1. The molecule has 0 unspecified atom stereocenters. The predicted molar refractivity (Wildman–Crippen MR) is 55.8 cm³/mol. The van der Waals surface area contributed by atoms with Gasteiger partial charge >= 0.3 is 0 Å². The quantitative estimate of drug-likeness (QED) is 0.595. The summed E-state index contributed by atoms with van der Waals surface area (Å²) in [5.41, 5.74) is 1.23. The van der Waals surface area contributed by atoms with Crippen LogP contribution in [0, 0.1) is 10.2 Å². The first-order valence-electron chi connectivity index (χ1n) is 5.51. The average molecular weight is 288 g/mol. The molecule has 0 aliphatic carbocycles. The van der Waals surface area contributed by atoms with Crippen molar-refractivity contribution < 1.29 is 38.6 Å². The molecule has 0 atom stereocenters. The zero-order valence-corrected chi connectivity index (χ0v) is 10.8. The van der Waals surface area contributed by atoms with Gasteiger partial charge in [0.15, 0.2) is 12.7 Å². The minimum atomic E-state index is -4.94. The lowest BCUT2D eigenvalue weighted by molar-refractivity contribution is -2.00. The second-order valence-electron chi connectivity index (χ2n) is 3.72. The van der Waals surface area contributed by atoms with Crippen molar-refractivity contribution in [2.24, 2.45) is 0 Å². The Balaban J connectivity index is 0.000000312. The van der Waals surface area contributed by atoms with E-state index in [4.69, 9.17) is 23.7 Å². The highest BCUT2D eigenvalue weighted by molar-refractivity contribution is 5.74. The summed E-state index contributed by atoms with van der Waals surface area (Å²) in [7, 11) is -4.94. The smallest absolute Gasteiger partial charge is 0.212 e. The number of nitrogens with zero attached hydrogens (tertiary/aromatic N) is 1. The van der Waals surface area contributed by atoms with E-state index in [1.54, 1.807) is 0 Å². The van der Waals surface area contributed by atoms with Crippen molar-refractivity contribution in [1.29, 1.82) is 0 Å². The predicted octanol–water partition coefficient (Wildman–Crippen LogP) is -3.25. The Labute approximate surface area is 112 Å². The first-order chi connectivity index (χ1) is 8.92. The standard InChI is InChI=1S/C12H14NO.ClHO4/c14-10-4-9-13-8-3-6-11-5-1-2-7-12(11)13;2-1(3,4)5/h1-3,5-8,14H,4,9-10H2;(H,2,3,4,5)/q+1;/p-1. The van der Waals surface area contributed by atoms with Gasteiger partial charge in [-0.3, -0.25) is 0 Å². The molecule has 104 valence electrons. The van der Waals surface area contributed by atoms with Crippen LogP contribution < -0.4 is 23.2 Å². The number of rotatable bonds is 3. The van der Waals surface area contributed by atoms with Crippen molar-refractivity contribution in [3.8, 4) is 0 Å². The molecule has 19 heavy (non-hydrogen) atoms. The Bertz CT molecular complexity index is 503. The third-order valence-electron chi connectivity index (χ3n) is 2.35. The van der Waals surface area contributed by atoms with E-state index >= 15 is 0 Å². The molecule has 1 N–H and O–H groups in total. The molecule has 2 rings (SSSR count). The highest BCUT2D eigenvalue weighted by atomic mass is 35.7. The van der Waals surface area contributed by atoms with Crippen LogP contribution in [0.4, 0.5) is 0 Å². The maximum absolute atomic E-state index is 8.79. The van der Waals surface area contributed by atoms with Crippen molar-refractivity contribution in [2.45, 2.75) is 13.0 Å². The number of benzene rings is 1. The van der Waals surface area contributed by atoms with E-state index in [0.717, 1.165) is 13.0 Å². The summed E-state index contributed by atoms with van der Waals surface area (Å²) in [6, 6.07) is 12.4. The number of aliphatic hydroxyl groups is 1. The van der Waals surface area contributed by atoms with E-state index in [1.807, 2.05) is 18.2 Å². The van der Waals surface area contributed by atoms with Gasteiger partial charge in [0.1, 0.15) is 0 Å². The van der Waals surface area contributed by atoms with Crippen LogP contribution in [0.25, 0.3) is 10.9 Å². The maximum Gasteiger partial charge on any atom is 0.212 e. The van der Waals surface area contributed by atoms with Gasteiger partial charge in [-0.25, -0.2) is 18.6 Å². The Morgan fingerprint density at radius 2 is 1.58 bits per heavy atom. The molecule has 0 bridgehead atoms. The molecule has 0 aliphatic heterocycles. The number of halogens is 1. The lowest BCUT2D eigenvalue weighted by atomic mass is 10.2. The second kappa shape index (κ2) is 7.34. The van der Waals surface area contributed by atoms with Crippen LogP contribution in [0.1, 0.15) is 6.42 Å². The summed E-state index contributed by atoms with van der Waals surface area (Å²) in [6.07, 6.45) is 2.86. The minimum Gasteiger partial charge on any atom is -0.396 e. The summed E-state index contributed by atoms with van der Waals surface area (Å²) in [5.74, 6) is 0. The molecule has 2 aromatic rings. The molecule has 0 saturated heterocycles. The number of aromatic nitrogens is 1. The average Bonchev–Trinajstić information content (AvgIpc) is 2.34. The lowest BCUT2D eigenvalue weighted by Gasteiger charge is -2.17. The maximum atomic E-state index is 8.79. The van der Waals surface area contributed by atoms with E-state index in [9.17, 15) is 0 Å². The first kappa shape index (κ1) is 15.8. The monoisotopic (exact) mass is 287 g/mol. The number of aryl methyl sites for hydroxylation is 1. The first-order valence-corrected chi connectivity index (χ1v) is 6.75. The normalized spacial score (nSPS) is 11.0. The van der Waals surface area contributed by atoms with Crippen molar-refractivity contribution in [2.75, 3.05) is 6.61 Å². The fourth-order valence-corrected chi connectivity index (χ4v) is 1.66. The minimum absolute atomic E-state index is 0.246. The number of fused-ring (bicyclic) bond motifs is 1. The van der Waals surface area contributed by atoms with Gasteiger partial charge in [0.05, 0.1) is 0 Å². The van der Waals surface area contributed by atoms with Gasteiger partial charge in [0.2, 0.25) is 5.52 Å². The molecule has 7 heteroatoms. The van der Waals surface area contributed by atoms with Gasteiger partial charge in [-0.1, -0.05) is 12.1 Å². The summed E-state index contributed by atoms with van der Waals surface area (Å²) in [6.45, 7) is 1.12. The molecule has 0 saturated carbocycles. The van der Waals surface area contributed by atoms with Gasteiger partial charge in [-0.2, -0.15) is 4.57 Å². The topological polar surface area (TPSA) is 116 Å². The molecule has 6 nitrogen and oxygen atoms in total. The van der Waals surface area contributed by atoms with Crippen LogP contribution in [-0.2, 0) is 6.54 Å². The van der Waals surface area contributed by atoms with Gasteiger partial charge in [0, 0.05) is 30.5 Å². The van der Waals surface area contributed by atoms with Crippen LogP contribution in [-0.4, -0.2) is 11.7 Å². The van der Waals surface area contributed by atoms with Gasteiger partial charge in [0.25, 0.3) is 0 Å². The van der Waals surface area contributed by atoms with Crippen molar-refractivity contribution in [1.82, 2.24) is 0 Å². The fraction of sp³-hybridized carbons (Fsp3) is 0.250. The highest BCUT2D eigenvalue weighted by Gasteiger charge is 2.05. The number of pyridine rings is 1. The van der Waals surface area contributed by atoms with Crippen molar-refractivity contribution >= 4 is 10.9 Å². The Kier molecular flexibility index (Phi) is 6.10. The Hall–Kier alpha value is -1.28. The largest absolute Gasteiger partial charge is 0.396 e. The zero-order valence-electron chi connectivity index (χ0n) is 10.1. The molecular weight excluding hydrogens is 274 g/mol. The van der Waals surface area contributed by atoms with E-state index in [2.05, 4.69) is 29.0 Å². The highest BCUT2D eigenvalue weighted by Crippen LogP contribution is 2.07. The van der Waals surface area contributed by atoms with Crippen LogP contribution in [0.5, 0.6) is 0 Å². The molecule has 0 amide bonds. The summed E-state index contributed by atoms with van der Waals surface area (Å²) in [5, 5.41) is 10.0. The van der Waals surface area contributed by atoms with Crippen LogP contribution in [0.15, 0.2) is 42.6 Å². The summed E-state index contributed by atoms with van der Waals surface area (Å²) < 4.78 is 36.1. The van der Waals surface area contributed by atoms with Crippen molar-refractivity contribution in [3.63, 3.8) is 0 Å². The number of hydrogen-bond donors (Lipinski definition) is 1. The Morgan fingerprint density at radius 3 is 2.21 bits per heavy atom.